The quantitative estimate of drug-likeness (QED) is 0.775. The minimum atomic E-state index is -0.925. The van der Waals surface area contributed by atoms with Crippen molar-refractivity contribution in [3.05, 3.63) is 41.5 Å². The van der Waals surface area contributed by atoms with Crippen LogP contribution >= 0.6 is 0 Å². The van der Waals surface area contributed by atoms with Gasteiger partial charge in [0.15, 0.2) is 0 Å². The molecule has 1 N–H and O–H groups in total. The van der Waals surface area contributed by atoms with Crippen LogP contribution in [-0.2, 0) is 17.6 Å². The second-order valence-electron chi connectivity index (χ2n) is 3.44. The van der Waals surface area contributed by atoms with E-state index >= 15 is 0 Å². The molecule has 3 nitrogen and oxygen atoms in total. The Morgan fingerprint density at radius 2 is 2.25 bits per heavy atom. The molecule has 1 aromatic carbocycles. The third-order valence-corrected chi connectivity index (χ3v) is 2.35. The fraction of sp³-hybridized carbons (Fsp3) is 0.308. The zero-order valence-electron chi connectivity index (χ0n) is 9.56. The van der Waals surface area contributed by atoms with E-state index in [0.717, 1.165) is 23.8 Å². The maximum atomic E-state index is 10.3. The fourth-order valence-corrected chi connectivity index (χ4v) is 1.50. The molecule has 0 aliphatic carbocycles. The molecule has 0 unspecified atom stereocenters. The number of allylic oxidation sites excluding steroid dienone is 1. The van der Waals surface area contributed by atoms with Gasteiger partial charge in [-0.25, -0.2) is 4.79 Å². The highest BCUT2D eigenvalue weighted by Gasteiger charge is 2.02. The maximum absolute atomic E-state index is 10.3. The highest BCUT2D eigenvalue weighted by atomic mass is 16.5. The van der Waals surface area contributed by atoms with Gasteiger partial charge >= 0.3 is 5.97 Å². The summed E-state index contributed by atoms with van der Waals surface area (Å²) in [6.07, 6.45) is 4.31. The van der Waals surface area contributed by atoms with Gasteiger partial charge in [0.25, 0.3) is 0 Å². The normalized spacial score (nSPS) is 10.6. The van der Waals surface area contributed by atoms with Crippen LogP contribution in [0.1, 0.15) is 18.1 Å². The molecule has 3 heteroatoms. The van der Waals surface area contributed by atoms with Gasteiger partial charge in [-0.3, -0.25) is 0 Å². The second kappa shape index (κ2) is 5.95. The standard InChI is InChI=1S/C13H16O3/c1-3-10-7-8-12(16-2)11(9-10)5-4-6-13(14)15/h4,6-9H,3,5H2,1-2H3,(H,14,15)/b6-4+. The highest BCUT2D eigenvalue weighted by molar-refractivity contribution is 5.79. The van der Waals surface area contributed by atoms with Crippen molar-refractivity contribution in [2.45, 2.75) is 19.8 Å². The summed E-state index contributed by atoms with van der Waals surface area (Å²) >= 11 is 0. The van der Waals surface area contributed by atoms with Crippen LogP contribution in [0.5, 0.6) is 5.75 Å². The largest absolute Gasteiger partial charge is 0.496 e. The first-order chi connectivity index (χ1) is 7.67. The van der Waals surface area contributed by atoms with Crippen LogP contribution in [0.4, 0.5) is 0 Å². The van der Waals surface area contributed by atoms with Gasteiger partial charge in [0.05, 0.1) is 7.11 Å². The van der Waals surface area contributed by atoms with Crippen LogP contribution in [0.25, 0.3) is 0 Å². The van der Waals surface area contributed by atoms with Crippen LogP contribution in [0.15, 0.2) is 30.4 Å². The molecule has 0 amide bonds. The molecule has 16 heavy (non-hydrogen) atoms. The Morgan fingerprint density at radius 3 is 2.81 bits per heavy atom. The van der Waals surface area contributed by atoms with E-state index in [1.54, 1.807) is 13.2 Å². The number of aryl methyl sites for hydroxylation is 1. The topological polar surface area (TPSA) is 46.5 Å². The smallest absolute Gasteiger partial charge is 0.327 e. The van der Waals surface area contributed by atoms with Gasteiger partial charge in [-0.15, -0.1) is 0 Å². The lowest BCUT2D eigenvalue weighted by molar-refractivity contribution is -0.131. The maximum Gasteiger partial charge on any atom is 0.327 e. The summed E-state index contributed by atoms with van der Waals surface area (Å²) in [5, 5.41) is 8.50. The summed E-state index contributed by atoms with van der Waals surface area (Å²) in [6.45, 7) is 2.08. The molecule has 0 heterocycles. The SMILES string of the molecule is CCc1ccc(OC)c(C/C=C/C(=O)O)c1. The summed E-state index contributed by atoms with van der Waals surface area (Å²) in [7, 11) is 1.62. The van der Waals surface area contributed by atoms with Crippen molar-refractivity contribution in [3.63, 3.8) is 0 Å². The number of methoxy groups -OCH3 is 1. The minimum absolute atomic E-state index is 0.573. The van der Waals surface area contributed by atoms with E-state index in [1.165, 1.54) is 5.56 Å². The first-order valence-corrected chi connectivity index (χ1v) is 5.22. The molecule has 0 aromatic heterocycles. The Balaban J connectivity index is 2.87. The van der Waals surface area contributed by atoms with Crippen LogP contribution in [0, 0.1) is 0 Å². The van der Waals surface area contributed by atoms with Crippen molar-refractivity contribution < 1.29 is 14.6 Å². The van der Waals surface area contributed by atoms with Crippen molar-refractivity contribution in [1.82, 2.24) is 0 Å². The van der Waals surface area contributed by atoms with Crippen LogP contribution < -0.4 is 4.74 Å². The molecular formula is C13H16O3. The van der Waals surface area contributed by atoms with E-state index in [2.05, 4.69) is 6.92 Å². The average Bonchev–Trinajstić information content (AvgIpc) is 2.28. The zero-order chi connectivity index (χ0) is 12.0. The first kappa shape index (κ1) is 12.3. The van der Waals surface area contributed by atoms with Gasteiger partial charge in [-0.1, -0.05) is 25.1 Å². The Morgan fingerprint density at radius 1 is 1.50 bits per heavy atom. The molecule has 0 saturated carbocycles. The number of carboxylic acid groups (broad SMARTS) is 1. The highest BCUT2D eigenvalue weighted by Crippen LogP contribution is 2.21. The van der Waals surface area contributed by atoms with Crippen LogP contribution in [0.2, 0.25) is 0 Å². The van der Waals surface area contributed by atoms with Gasteiger partial charge in [-0.05, 0) is 30.0 Å². The van der Waals surface area contributed by atoms with Crippen molar-refractivity contribution in [1.29, 1.82) is 0 Å². The number of aliphatic carboxylic acids is 1. The molecule has 1 rings (SSSR count). The molecule has 0 saturated heterocycles. The molecule has 0 spiro atoms. The molecule has 0 atom stereocenters. The van der Waals surface area contributed by atoms with E-state index < -0.39 is 5.97 Å². The third-order valence-electron chi connectivity index (χ3n) is 2.35. The lowest BCUT2D eigenvalue weighted by Crippen LogP contribution is -1.94. The molecular weight excluding hydrogens is 204 g/mol. The summed E-state index contributed by atoms with van der Waals surface area (Å²) in [5.74, 6) is -0.127. The Labute approximate surface area is 95.4 Å². The zero-order valence-corrected chi connectivity index (χ0v) is 9.56. The summed E-state index contributed by atoms with van der Waals surface area (Å²) in [4.78, 5) is 10.3. The van der Waals surface area contributed by atoms with Crippen molar-refractivity contribution in [2.75, 3.05) is 7.11 Å². The average molecular weight is 220 g/mol. The number of hydrogen-bond donors (Lipinski definition) is 1. The Bertz CT molecular complexity index is 394. The number of carbonyl (C=O) groups is 1. The third kappa shape index (κ3) is 3.42. The van der Waals surface area contributed by atoms with E-state index in [9.17, 15) is 4.79 Å². The lowest BCUT2D eigenvalue weighted by Gasteiger charge is -2.08. The van der Waals surface area contributed by atoms with Gasteiger partial charge in [0.2, 0.25) is 0 Å². The molecule has 0 bridgehead atoms. The number of rotatable bonds is 5. The van der Waals surface area contributed by atoms with Crippen molar-refractivity contribution >= 4 is 5.97 Å². The van der Waals surface area contributed by atoms with Gasteiger partial charge < -0.3 is 9.84 Å². The molecule has 0 aliphatic rings. The summed E-state index contributed by atoms with van der Waals surface area (Å²) in [6, 6.07) is 5.98. The Kier molecular flexibility index (Phi) is 4.58. The van der Waals surface area contributed by atoms with Crippen molar-refractivity contribution in [3.8, 4) is 5.75 Å². The number of carboxylic acids is 1. The number of benzene rings is 1. The van der Waals surface area contributed by atoms with Crippen molar-refractivity contribution in [2.24, 2.45) is 0 Å². The van der Waals surface area contributed by atoms with E-state index in [-0.39, 0.29) is 0 Å². The van der Waals surface area contributed by atoms with E-state index in [0.29, 0.717) is 6.42 Å². The molecule has 1 aromatic rings. The van der Waals surface area contributed by atoms with E-state index in [1.807, 2.05) is 18.2 Å². The fourth-order valence-electron chi connectivity index (χ4n) is 1.50. The molecule has 0 aliphatic heterocycles. The minimum Gasteiger partial charge on any atom is -0.496 e. The summed E-state index contributed by atoms with van der Waals surface area (Å²) < 4.78 is 5.22. The predicted octanol–water partition coefficient (Wildman–Crippen LogP) is 2.44. The van der Waals surface area contributed by atoms with Gasteiger partial charge in [0.1, 0.15) is 5.75 Å². The van der Waals surface area contributed by atoms with Gasteiger partial charge in [0, 0.05) is 6.08 Å². The molecule has 0 fully saturated rings. The van der Waals surface area contributed by atoms with Gasteiger partial charge in [-0.2, -0.15) is 0 Å². The lowest BCUT2D eigenvalue weighted by atomic mass is 10.0. The van der Waals surface area contributed by atoms with E-state index in [4.69, 9.17) is 9.84 Å². The first-order valence-electron chi connectivity index (χ1n) is 5.22. The van der Waals surface area contributed by atoms with Crippen LogP contribution in [0.3, 0.4) is 0 Å². The Hall–Kier alpha value is -1.77. The number of ether oxygens (including phenoxy) is 1. The predicted molar refractivity (Wildman–Crippen MR) is 62.9 cm³/mol. The second-order valence-corrected chi connectivity index (χ2v) is 3.44. The number of hydrogen-bond acceptors (Lipinski definition) is 2. The molecule has 0 radical (unpaired) electrons. The van der Waals surface area contributed by atoms with Crippen LogP contribution in [-0.4, -0.2) is 18.2 Å². The monoisotopic (exact) mass is 220 g/mol. The summed E-state index contributed by atoms with van der Waals surface area (Å²) in [5.41, 5.74) is 2.24. The molecule has 86 valence electrons.